The zero-order valence-corrected chi connectivity index (χ0v) is 15.0. The molecule has 0 saturated carbocycles. The van der Waals surface area contributed by atoms with Crippen molar-refractivity contribution in [2.75, 3.05) is 45.1 Å². The number of rotatable bonds is 5. The van der Waals surface area contributed by atoms with Gasteiger partial charge in [0.1, 0.15) is 0 Å². The number of pyridine rings is 1. The highest BCUT2D eigenvalue weighted by Gasteiger charge is 2.17. The first-order valence-electron chi connectivity index (χ1n) is 8.65. The molecular weight excluding hydrogens is 318 g/mol. The van der Waals surface area contributed by atoms with Crippen LogP contribution >= 0.6 is 0 Å². The molecule has 0 bridgehead atoms. The first kappa shape index (κ1) is 17.6. The minimum atomic E-state index is -0.364. The lowest BCUT2D eigenvalue weighted by molar-refractivity contribution is -0.384. The summed E-state index contributed by atoms with van der Waals surface area (Å²) >= 11 is 0. The van der Waals surface area contributed by atoms with Crippen LogP contribution in [0.25, 0.3) is 10.9 Å². The van der Waals surface area contributed by atoms with E-state index < -0.39 is 0 Å². The standard InChI is InChI=1S/C18H25N5O2/c1-13-10-18(16-11-15(23(24)25)4-5-17(16)19-13)20-14(2)12-22-8-6-21(3)7-9-22/h4-5,10-11,14H,6-9,12H2,1-3H3,(H,19,20)/t14-/m1/s1. The third-order valence-corrected chi connectivity index (χ3v) is 4.66. The molecule has 2 heterocycles. The van der Waals surface area contributed by atoms with Gasteiger partial charge in [0.25, 0.3) is 5.69 Å². The normalized spacial score (nSPS) is 17.6. The van der Waals surface area contributed by atoms with Gasteiger partial charge < -0.3 is 10.2 Å². The van der Waals surface area contributed by atoms with Crippen LogP contribution in [0.2, 0.25) is 0 Å². The molecule has 1 N–H and O–H groups in total. The summed E-state index contributed by atoms with van der Waals surface area (Å²) in [4.78, 5) is 20.0. The molecule has 25 heavy (non-hydrogen) atoms. The summed E-state index contributed by atoms with van der Waals surface area (Å²) in [5, 5.41) is 15.4. The van der Waals surface area contributed by atoms with Crippen molar-refractivity contribution in [2.45, 2.75) is 19.9 Å². The van der Waals surface area contributed by atoms with E-state index in [1.165, 1.54) is 6.07 Å². The van der Waals surface area contributed by atoms with Crippen molar-refractivity contribution in [1.82, 2.24) is 14.8 Å². The van der Waals surface area contributed by atoms with Gasteiger partial charge in [-0.25, -0.2) is 0 Å². The van der Waals surface area contributed by atoms with E-state index in [1.807, 2.05) is 13.0 Å². The Balaban J connectivity index is 1.79. The average Bonchev–Trinajstić information content (AvgIpc) is 2.56. The molecule has 1 aromatic heterocycles. The van der Waals surface area contributed by atoms with Crippen LogP contribution in [0, 0.1) is 17.0 Å². The molecule has 7 heteroatoms. The number of piperazine rings is 1. The van der Waals surface area contributed by atoms with Gasteiger partial charge in [-0.05, 0) is 33.0 Å². The van der Waals surface area contributed by atoms with Gasteiger partial charge in [0.2, 0.25) is 0 Å². The second-order valence-electron chi connectivity index (χ2n) is 6.92. The lowest BCUT2D eigenvalue weighted by Crippen LogP contribution is -2.47. The first-order valence-corrected chi connectivity index (χ1v) is 8.65. The van der Waals surface area contributed by atoms with E-state index in [0.29, 0.717) is 0 Å². The van der Waals surface area contributed by atoms with E-state index in [2.05, 4.69) is 34.1 Å². The Hall–Kier alpha value is -2.25. The molecular formula is C18H25N5O2. The SMILES string of the molecule is Cc1cc(N[C@H](C)CN2CCN(C)CC2)c2cc([N+](=O)[O-])ccc2n1. The summed E-state index contributed by atoms with van der Waals surface area (Å²) in [6, 6.07) is 7.04. The van der Waals surface area contributed by atoms with Gasteiger partial charge in [-0.2, -0.15) is 0 Å². The topological polar surface area (TPSA) is 74.5 Å². The van der Waals surface area contributed by atoms with Gasteiger partial charge in [0, 0.05) is 67.7 Å². The van der Waals surface area contributed by atoms with E-state index in [9.17, 15) is 10.1 Å². The van der Waals surface area contributed by atoms with Crippen LogP contribution in [-0.2, 0) is 0 Å². The maximum absolute atomic E-state index is 11.1. The summed E-state index contributed by atoms with van der Waals surface area (Å²) in [5.41, 5.74) is 2.68. The fraction of sp³-hybridized carbons (Fsp3) is 0.500. The quantitative estimate of drug-likeness (QED) is 0.664. The molecule has 1 aliphatic heterocycles. The molecule has 1 atom stereocenters. The Morgan fingerprint density at radius 3 is 2.68 bits per heavy atom. The average molecular weight is 343 g/mol. The monoisotopic (exact) mass is 343 g/mol. The van der Waals surface area contributed by atoms with Gasteiger partial charge in [0.05, 0.1) is 10.4 Å². The highest BCUT2D eigenvalue weighted by molar-refractivity contribution is 5.93. The smallest absolute Gasteiger partial charge is 0.270 e. The van der Waals surface area contributed by atoms with Gasteiger partial charge in [0.15, 0.2) is 0 Å². The van der Waals surface area contributed by atoms with E-state index in [0.717, 1.165) is 55.0 Å². The number of hydrogen-bond acceptors (Lipinski definition) is 6. The number of nitro groups is 1. The second kappa shape index (κ2) is 7.33. The van der Waals surface area contributed by atoms with Crippen molar-refractivity contribution in [3.8, 4) is 0 Å². The minimum Gasteiger partial charge on any atom is -0.381 e. The van der Waals surface area contributed by atoms with Gasteiger partial charge >= 0.3 is 0 Å². The van der Waals surface area contributed by atoms with Crippen molar-refractivity contribution >= 4 is 22.3 Å². The zero-order valence-electron chi connectivity index (χ0n) is 15.0. The summed E-state index contributed by atoms with van der Waals surface area (Å²) in [7, 11) is 2.15. The summed E-state index contributed by atoms with van der Waals surface area (Å²) in [5.74, 6) is 0. The summed E-state index contributed by atoms with van der Waals surface area (Å²) < 4.78 is 0. The number of nitrogens with zero attached hydrogens (tertiary/aromatic N) is 4. The summed E-state index contributed by atoms with van der Waals surface area (Å²) in [6.07, 6.45) is 0. The molecule has 0 aliphatic carbocycles. The Morgan fingerprint density at radius 1 is 1.28 bits per heavy atom. The molecule has 2 aromatic rings. The molecule has 0 spiro atoms. The molecule has 7 nitrogen and oxygen atoms in total. The van der Waals surface area contributed by atoms with Crippen LogP contribution in [0.4, 0.5) is 11.4 Å². The molecule has 1 fully saturated rings. The third-order valence-electron chi connectivity index (χ3n) is 4.66. The van der Waals surface area contributed by atoms with Crippen LogP contribution < -0.4 is 5.32 Å². The van der Waals surface area contributed by atoms with Gasteiger partial charge in [-0.15, -0.1) is 0 Å². The lowest BCUT2D eigenvalue weighted by atomic mass is 10.1. The molecule has 1 saturated heterocycles. The molecule has 0 radical (unpaired) electrons. The minimum absolute atomic E-state index is 0.0907. The van der Waals surface area contributed by atoms with Crippen molar-refractivity contribution in [2.24, 2.45) is 0 Å². The Morgan fingerprint density at radius 2 is 2.00 bits per heavy atom. The fourth-order valence-electron chi connectivity index (χ4n) is 3.31. The van der Waals surface area contributed by atoms with E-state index in [1.54, 1.807) is 12.1 Å². The number of fused-ring (bicyclic) bond motifs is 1. The maximum Gasteiger partial charge on any atom is 0.270 e. The third kappa shape index (κ3) is 4.24. The number of nitro benzene ring substituents is 1. The van der Waals surface area contributed by atoms with E-state index in [4.69, 9.17) is 0 Å². The number of non-ortho nitro benzene ring substituents is 1. The molecule has 1 aromatic carbocycles. The van der Waals surface area contributed by atoms with Gasteiger partial charge in [-0.3, -0.25) is 20.0 Å². The van der Waals surface area contributed by atoms with Crippen LogP contribution in [0.1, 0.15) is 12.6 Å². The number of aromatic nitrogens is 1. The van der Waals surface area contributed by atoms with Gasteiger partial charge in [-0.1, -0.05) is 0 Å². The number of hydrogen-bond donors (Lipinski definition) is 1. The molecule has 3 rings (SSSR count). The number of likely N-dealkylation sites (N-methyl/N-ethyl adjacent to an activating group) is 1. The number of nitrogens with one attached hydrogen (secondary N) is 1. The predicted octanol–water partition coefficient (Wildman–Crippen LogP) is 2.50. The van der Waals surface area contributed by atoms with Crippen molar-refractivity contribution in [1.29, 1.82) is 0 Å². The van der Waals surface area contributed by atoms with Crippen LogP contribution in [0.3, 0.4) is 0 Å². The molecule has 0 unspecified atom stereocenters. The Labute approximate surface area is 147 Å². The van der Waals surface area contributed by atoms with Crippen LogP contribution in [0.5, 0.6) is 0 Å². The van der Waals surface area contributed by atoms with E-state index >= 15 is 0 Å². The molecule has 1 aliphatic rings. The highest BCUT2D eigenvalue weighted by Crippen LogP contribution is 2.27. The highest BCUT2D eigenvalue weighted by atomic mass is 16.6. The second-order valence-corrected chi connectivity index (χ2v) is 6.92. The van der Waals surface area contributed by atoms with Crippen LogP contribution in [-0.4, -0.2) is 65.5 Å². The van der Waals surface area contributed by atoms with E-state index in [-0.39, 0.29) is 16.7 Å². The lowest BCUT2D eigenvalue weighted by Gasteiger charge is -2.34. The first-order chi connectivity index (χ1) is 11.9. The molecule has 0 amide bonds. The zero-order chi connectivity index (χ0) is 18.0. The Bertz CT molecular complexity index is 771. The van der Waals surface area contributed by atoms with Crippen molar-refractivity contribution < 1.29 is 4.92 Å². The maximum atomic E-state index is 11.1. The fourth-order valence-corrected chi connectivity index (χ4v) is 3.31. The summed E-state index contributed by atoms with van der Waals surface area (Å²) in [6.45, 7) is 9.38. The number of benzene rings is 1. The number of aryl methyl sites for hydroxylation is 1. The molecule has 134 valence electrons. The van der Waals surface area contributed by atoms with Crippen LogP contribution in [0.15, 0.2) is 24.3 Å². The number of anilines is 1. The Kier molecular flexibility index (Phi) is 5.15. The largest absolute Gasteiger partial charge is 0.381 e. The van der Waals surface area contributed by atoms with Crippen molar-refractivity contribution in [3.05, 3.63) is 40.1 Å². The van der Waals surface area contributed by atoms with Crippen molar-refractivity contribution in [3.63, 3.8) is 0 Å². The predicted molar refractivity (Wildman–Crippen MR) is 100 cm³/mol.